The normalized spacial score (nSPS) is 14.8. The number of fused-ring (bicyclic) bond motifs is 1. The predicted octanol–water partition coefficient (Wildman–Crippen LogP) is 4.00. The molecule has 7 nitrogen and oxygen atoms in total. The fraction of sp³-hybridized carbons (Fsp3) is 0.182. The van der Waals surface area contributed by atoms with Crippen molar-refractivity contribution in [2.45, 2.75) is 31.1 Å². The van der Waals surface area contributed by atoms with E-state index in [9.17, 15) is 17.6 Å². The molecule has 0 bridgehead atoms. The van der Waals surface area contributed by atoms with Gasteiger partial charge in [0.25, 0.3) is 15.9 Å². The third kappa shape index (κ3) is 4.36. The number of aryl methyl sites for hydroxylation is 1. The molecule has 0 spiro atoms. The number of hydrogen-bond acceptors (Lipinski definition) is 5. The van der Waals surface area contributed by atoms with Crippen LogP contribution >= 0.6 is 0 Å². The largest absolute Gasteiger partial charge is 0.455 e. The second kappa shape index (κ2) is 8.35. The molecule has 1 aliphatic carbocycles. The minimum atomic E-state index is -3.81. The van der Waals surface area contributed by atoms with E-state index in [1.165, 1.54) is 36.4 Å². The van der Waals surface area contributed by atoms with Crippen molar-refractivity contribution < 1.29 is 22.0 Å². The van der Waals surface area contributed by atoms with Crippen LogP contribution < -0.4 is 10.1 Å². The number of benzene rings is 2. The molecule has 0 fully saturated rings. The Bertz CT molecular complexity index is 1250. The van der Waals surface area contributed by atoms with Gasteiger partial charge in [-0.15, -0.1) is 0 Å². The van der Waals surface area contributed by atoms with Gasteiger partial charge < -0.3 is 9.73 Å². The number of nitrogens with zero attached hydrogens (tertiary/aromatic N) is 1. The molecule has 1 heterocycles. The molecule has 4 rings (SSSR count). The van der Waals surface area contributed by atoms with Gasteiger partial charge in [-0.2, -0.15) is 18.4 Å². The average Bonchev–Trinajstić information content (AvgIpc) is 3.12. The molecule has 31 heavy (non-hydrogen) atoms. The lowest BCUT2D eigenvalue weighted by Gasteiger charge is -2.14. The summed E-state index contributed by atoms with van der Waals surface area (Å²) in [6.45, 7) is 1.73. The van der Waals surface area contributed by atoms with Gasteiger partial charge in [0.1, 0.15) is 11.6 Å². The van der Waals surface area contributed by atoms with E-state index in [1.54, 1.807) is 25.1 Å². The zero-order valence-corrected chi connectivity index (χ0v) is 17.5. The Morgan fingerprint density at radius 2 is 1.77 bits per heavy atom. The number of carbonyl (C=O) groups excluding carboxylic acids is 1. The Morgan fingerprint density at radius 1 is 1.06 bits per heavy atom. The monoisotopic (exact) mass is 441 g/mol. The maximum absolute atomic E-state index is 13.1. The first kappa shape index (κ1) is 20.8. The maximum Gasteiger partial charge on any atom is 0.291 e. The molecule has 2 aromatic carbocycles. The summed E-state index contributed by atoms with van der Waals surface area (Å²) in [7, 11) is -3.81. The van der Waals surface area contributed by atoms with Crippen LogP contribution in [0.5, 0.6) is 0 Å². The quantitative estimate of drug-likeness (QED) is 0.585. The molecule has 9 heteroatoms. The Morgan fingerprint density at radius 3 is 2.48 bits per heavy atom. The highest BCUT2D eigenvalue weighted by Crippen LogP contribution is 2.30. The van der Waals surface area contributed by atoms with Crippen LogP contribution in [0.4, 0.5) is 10.1 Å². The molecule has 0 aliphatic heterocycles. The maximum atomic E-state index is 13.1. The van der Waals surface area contributed by atoms with E-state index in [0.717, 1.165) is 0 Å². The predicted molar refractivity (Wildman–Crippen MR) is 114 cm³/mol. The molecular weight excluding hydrogens is 421 g/mol. The van der Waals surface area contributed by atoms with Crippen LogP contribution in [0.1, 0.15) is 40.3 Å². The van der Waals surface area contributed by atoms with Crippen molar-refractivity contribution in [1.82, 2.24) is 4.83 Å². The molecular formula is C22H20FN3O4S. The summed E-state index contributed by atoms with van der Waals surface area (Å²) in [5.74, 6) is -0.162. The van der Waals surface area contributed by atoms with Gasteiger partial charge in [0.2, 0.25) is 0 Å². The molecule has 3 aromatic rings. The van der Waals surface area contributed by atoms with Crippen molar-refractivity contribution >= 4 is 27.3 Å². The van der Waals surface area contributed by atoms with Crippen molar-refractivity contribution in [3.05, 3.63) is 83.1 Å². The summed E-state index contributed by atoms with van der Waals surface area (Å²) in [6, 6.07) is 13.4. The Hall–Kier alpha value is -3.46. The first-order valence-corrected chi connectivity index (χ1v) is 11.2. The van der Waals surface area contributed by atoms with Crippen LogP contribution in [0.15, 0.2) is 69.0 Å². The number of halogens is 1. The fourth-order valence-electron chi connectivity index (χ4n) is 3.49. The van der Waals surface area contributed by atoms with Crippen LogP contribution in [-0.2, 0) is 16.4 Å². The third-order valence-electron chi connectivity index (χ3n) is 4.99. The standard InChI is InChI=1S/C22H20FN3O4S/c1-14-20-18(25-26-31(28,29)17-6-3-2-4-7-17)8-5-9-19(20)30-21(14)22(27)24-16-12-10-15(23)11-13-16/h2-4,6-7,10-13,26H,5,8-9H2,1H3,(H,24,27)/b25-18+. The van der Waals surface area contributed by atoms with E-state index < -0.39 is 21.7 Å². The van der Waals surface area contributed by atoms with Crippen LogP contribution in [-0.4, -0.2) is 20.0 Å². The number of rotatable bonds is 5. The van der Waals surface area contributed by atoms with E-state index >= 15 is 0 Å². The lowest BCUT2D eigenvalue weighted by Crippen LogP contribution is -2.22. The second-order valence-electron chi connectivity index (χ2n) is 7.14. The molecule has 1 aliphatic rings. The summed E-state index contributed by atoms with van der Waals surface area (Å²) in [6.07, 6.45) is 1.87. The van der Waals surface area contributed by atoms with Crippen molar-refractivity contribution in [2.75, 3.05) is 5.32 Å². The summed E-state index contributed by atoms with van der Waals surface area (Å²) in [5, 5.41) is 6.82. The average molecular weight is 441 g/mol. The van der Waals surface area contributed by atoms with Crippen LogP contribution in [0.25, 0.3) is 0 Å². The summed E-state index contributed by atoms with van der Waals surface area (Å²) in [5.41, 5.74) is 2.17. The third-order valence-corrected chi connectivity index (χ3v) is 6.21. The highest BCUT2D eigenvalue weighted by Gasteiger charge is 2.28. The molecule has 0 atom stereocenters. The lowest BCUT2D eigenvalue weighted by molar-refractivity contribution is 0.0994. The van der Waals surface area contributed by atoms with Gasteiger partial charge in [-0.1, -0.05) is 18.2 Å². The summed E-state index contributed by atoms with van der Waals surface area (Å²) < 4.78 is 43.8. The second-order valence-corrected chi connectivity index (χ2v) is 8.80. The van der Waals surface area contributed by atoms with Gasteiger partial charge in [0.15, 0.2) is 5.76 Å². The van der Waals surface area contributed by atoms with E-state index in [2.05, 4.69) is 15.2 Å². The number of hydrogen-bond donors (Lipinski definition) is 2. The Labute approximate surface area is 179 Å². The molecule has 0 radical (unpaired) electrons. The fourth-order valence-corrected chi connectivity index (χ4v) is 4.34. The highest BCUT2D eigenvalue weighted by atomic mass is 32.2. The molecule has 2 N–H and O–H groups in total. The van der Waals surface area contributed by atoms with Gasteiger partial charge in [-0.05, 0) is 56.2 Å². The van der Waals surface area contributed by atoms with E-state index in [0.29, 0.717) is 47.5 Å². The highest BCUT2D eigenvalue weighted by molar-refractivity contribution is 7.89. The number of nitrogens with one attached hydrogen (secondary N) is 2. The first-order chi connectivity index (χ1) is 14.8. The number of sulfonamides is 1. The Kier molecular flexibility index (Phi) is 5.60. The number of amides is 1. The number of furan rings is 1. The van der Waals surface area contributed by atoms with Gasteiger partial charge >= 0.3 is 0 Å². The first-order valence-electron chi connectivity index (χ1n) is 9.68. The SMILES string of the molecule is Cc1c(C(=O)Nc2ccc(F)cc2)oc2c1/C(=N/NS(=O)(=O)c1ccccc1)CCC2. The Balaban J connectivity index is 1.60. The van der Waals surface area contributed by atoms with Crippen molar-refractivity contribution in [2.24, 2.45) is 5.10 Å². The minimum absolute atomic E-state index is 0.110. The van der Waals surface area contributed by atoms with Gasteiger partial charge in [0.05, 0.1) is 10.6 Å². The molecule has 0 saturated carbocycles. The van der Waals surface area contributed by atoms with Crippen molar-refractivity contribution in [3.63, 3.8) is 0 Å². The van der Waals surface area contributed by atoms with Gasteiger partial charge in [-0.25, -0.2) is 4.39 Å². The smallest absolute Gasteiger partial charge is 0.291 e. The number of anilines is 1. The van der Waals surface area contributed by atoms with E-state index in [1.807, 2.05) is 0 Å². The molecule has 0 unspecified atom stereocenters. The van der Waals surface area contributed by atoms with Crippen LogP contribution in [0.3, 0.4) is 0 Å². The van der Waals surface area contributed by atoms with Crippen LogP contribution in [0.2, 0.25) is 0 Å². The zero-order chi connectivity index (χ0) is 22.0. The molecule has 0 saturated heterocycles. The van der Waals surface area contributed by atoms with Gasteiger partial charge in [-0.3, -0.25) is 4.79 Å². The molecule has 1 amide bonds. The summed E-state index contributed by atoms with van der Waals surface area (Å²) >= 11 is 0. The van der Waals surface area contributed by atoms with Gasteiger partial charge in [0, 0.05) is 23.2 Å². The lowest BCUT2D eigenvalue weighted by atomic mass is 9.93. The number of hydrazone groups is 1. The van der Waals surface area contributed by atoms with E-state index in [-0.39, 0.29) is 10.7 Å². The van der Waals surface area contributed by atoms with Crippen molar-refractivity contribution in [3.8, 4) is 0 Å². The van der Waals surface area contributed by atoms with Crippen LogP contribution in [0, 0.1) is 12.7 Å². The minimum Gasteiger partial charge on any atom is -0.455 e. The summed E-state index contributed by atoms with van der Waals surface area (Å²) in [4.78, 5) is 15.1. The number of carbonyl (C=O) groups is 1. The molecule has 160 valence electrons. The van der Waals surface area contributed by atoms with E-state index in [4.69, 9.17) is 4.42 Å². The molecule has 1 aromatic heterocycles. The van der Waals surface area contributed by atoms with Crippen molar-refractivity contribution in [1.29, 1.82) is 0 Å². The topological polar surface area (TPSA) is 101 Å². The zero-order valence-electron chi connectivity index (χ0n) is 16.7.